The monoisotopic (exact) mass is 436 g/mol. The number of nitrogens with zero attached hydrogens (tertiary/aromatic N) is 6. The summed E-state index contributed by atoms with van der Waals surface area (Å²) in [5.74, 6) is -0.739. The van der Waals surface area contributed by atoms with Crippen LogP contribution in [0.15, 0.2) is 48.9 Å². The number of carbonyl (C=O) groups excluding carboxylic acids is 2. The summed E-state index contributed by atoms with van der Waals surface area (Å²) < 4.78 is 29.7. The molecule has 1 fully saturated rings. The van der Waals surface area contributed by atoms with E-state index < -0.39 is 12.1 Å². The van der Waals surface area contributed by atoms with Gasteiger partial charge in [0.2, 0.25) is 5.78 Å². The zero-order valence-electron chi connectivity index (χ0n) is 17.1. The molecule has 0 unspecified atom stereocenters. The molecule has 0 N–H and O–H groups in total. The second kappa shape index (κ2) is 7.63. The molecule has 1 saturated heterocycles. The zero-order valence-corrected chi connectivity index (χ0v) is 17.1. The van der Waals surface area contributed by atoms with Crippen LogP contribution in [0.1, 0.15) is 26.5 Å². The van der Waals surface area contributed by atoms with Crippen LogP contribution in [0.4, 0.5) is 8.78 Å². The summed E-state index contributed by atoms with van der Waals surface area (Å²) in [6.45, 7) is 0.0419. The van der Waals surface area contributed by atoms with E-state index in [1.165, 1.54) is 27.9 Å². The summed E-state index contributed by atoms with van der Waals surface area (Å²) in [6.07, 6.45) is 3.68. The maximum absolute atomic E-state index is 13.5. The molecule has 32 heavy (non-hydrogen) atoms. The van der Waals surface area contributed by atoms with Crippen LogP contribution >= 0.6 is 0 Å². The van der Waals surface area contributed by atoms with Gasteiger partial charge in [-0.1, -0.05) is 12.1 Å². The maximum Gasteiger partial charge on any atom is 0.258 e. The van der Waals surface area contributed by atoms with Gasteiger partial charge < -0.3 is 4.90 Å². The van der Waals surface area contributed by atoms with Crippen LogP contribution in [0, 0.1) is 5.82 Å². The van der Waals surface area contributed by atoms with Crippen molar-refractivity contribution < 1.29 is 18.4 Å². The summed E-state index contributed by atoms with van der Waals surface area (Å²) in [4.78, 5) is 35.8. The number of hydrogen-bond donors (Lipinski definition) is 0. The fraction of sp³-hybridized carbons (Fsp3) is 0.227. The molecule has 1 aliphatic rings. The third-order valence-electron chi connectivity index (χ3n) is 5.40. The first kappa shape index (κ1) is 20.0. The van der Waals surface area contributed by atoms with Gasteiger partial charge in [-0.05, 0) is 18.2 Å². The van der Waals surface area contributed by atoms with Gasteiger partial charge in [0, 0.05) is 25.0 Å². The second-order valence-corrected chi connectivity index (χ2v) is 7.70. The number of halogens is 2. The molecule has 10 heteroatoms. The number of alkyl halides is 1. The van der Waals surface area contributed by atoms with Gasteiger partial charge in [-0.15, -0.1) is 0 Å². The molecule has 1 aromatic carbocycles. The first-order valence-corrected chi connectivity index (χ1v) is 9.98. The number of likely N-dealkylation sites (tertiary alicyclic amines) is 1. The molecule has 162 valence electrons. The highest BCUT2D eigenvalue weighted by Crippen LogP contribution is 2.21. The number of aryl methyl sites for hydroxylation is 1. The number of benzene rings is 1. The predicted octanol–water partition coefficient (Wildman–Crippen LogP) is 2.49. The first-order valence-electron chi connectivity index (χ1n) is 9.98. The smallest absolute Gasteiger partial charge is 0.258 e. The molecule has 1 aliphatic heterocycles. The van der Waals surface area contributed by atoms with E-state index in [4.69, 9.17) is 0 Å². The lowest BCUT2D eigenvalue weighted by Gasteiger charge is -2.34. The third-order valence-corrected chi connectivity index (χ3v) is 5.40. The molecule has 0 bridgehead atoms. The third kappa shape index (κ3) is 3.53. The molecule has 4 aromatic rings. The van der Waals surface area contributed by atoms with Crippen molar-refractivity contribution in [3.8, 4) is 11.3 Å². The standard InChI is InChI=1S/C22H18F2N6O2/c1-28-20(17(9-25-28)21(32)30-10-15(24)11-30)19(31)8-16-5-6-29-12-18(27-22(29)26-16)13-3-2-4-14(23)7-13/h2-7,9,12,15H,8,10-11H2,1H3. The van der Waals surface area contributed by atoms with Gasteiger partial charge in [0.05, 0.1) is 42.7 Å². The predicted molar refractivity (Wildman–Crippen MR) is 110 cm³/mol. The Morgan fingerprint density at radius 1 is 1.19 bits per heavy atom. The van der Waals surface area contributed by atoms with Crippen molar-refractivity contribution in [1.82, 2.24) is 29.0 Å². The summed E-state index contributed by atoms with van der Waals surface area (Å²) in [6, 6.07) is 7.78. The summed E-state index contributed by atoms with van der Waals surface area (Å²) >= 11 is 0. The number of amides is 1. The average Bonchev–Trinajstić information content (AvgIpc) is 3.34. The normalized spacial score (nSPS) is 14.0. The Kier molecular flexibility index (Phi) is 4.76. The van der Waals surface area contributed by atoms with Crippen LogP contribution in [0.3, 0.4) is 0 Å². The largest absolute Gasteiger partial charge is 0.333 e. The zero-order chi connectivity index (χ0) is 22.4. The van der Waals surface area contributed by atoms with E-state index in [1.54, 1.807) is 42.0 Å². The van der Waals surface area contributed by atoms with Crippen molar-refractivity contribution in [3.63, 3.8) is 0 Å². The Morgan fingerprint density at radius 2 is 2.00 bits per heavy atom. The van der Waals surface area contributed by atoms with Crippen molar-refractivity contribution in [2.24, 2.45) is 7.05 Å². The fourth-order valence-corrected chi connectivity index (χ4v) is 3.73. The number of hydrogen-bond acceptors (Lipinski definition) is 5. The van der Waals surface area contributed by atoms with Gasteiger partial charge in [0.25, 0.3) is 5.91 Å². The van der Waals surface area contributed by atoms with E-state index in [2.05, 4.69) is 15.1 Å². The SMILES string of the molecule is Cn1ncc(C(=O)N2CC(F)C2)c1C(=O)Cc1ccn2cc(-c3cccc(F)c3)nc2n1. The highest BCUT2D eigenvalue weighted by atomic mass is 19.1. The Balaban J connectivity index is 1.40. The number of ketones is 1. The van der Waals surface area contributed by atoms with Crippen molar-refractivity contribution in [1.29, 1.82) is 0 Å². The van der Waals surface area contributed by atoms with Crippen LogP contribution in [0.2, 0.25) is 0 Å². The molecule has 0 aliphatic carbocycles. The number of rotatable bonds is 5. The molecule has 5 rings (SSSR count). The van der Waals surface area contributed by atoms with E-state index >= 15 is 0 Å². The van der Waals surface area contributed by atoms with Crippen LogP contribution in [0.25, 0.3) is 17.0 Å². The fourth-order valence-electron chi connectivity index (χ4n) is 3.73. The molecule has 3 aromatic heterocycles. The topological polar surface area (TPSA) is 85.4 Å². The Bertz CT molecular complexity index is 1360. The first-order chi connectivity index (χ1) is 15.4. The molecular formula is C22H18F2N6O2. The van der Waals surface area contributed by atoms with E-state index in [1.807, 2.05) is 0 Å². The Hall–Kier alpha value is -3.95. The minimum absolute atomic E-state index is 0.0209. The van der Waals surface area contributed by atoms with E-state index in [0.717, 1.165) is 0 Å². The molecule has 0 atom stereocenters. The van der Waals surface area contributed by atoms with E-state index in [9.17, 15) is 18.4 Å². The lowest BCUT2D eigenvalue weighted by molar-refractivity contribution is 0.0398. The number of Topliss-reactive ketones (excluding diaryl/α,β-unsaturated/α-hetero) is 1. The number of imidazole rings is 1. The summed E-state index contributed by atoms with van der Waals surface area (Å²) in [7, 11) is 1.58. The Labute approximate surface area is 181 Å². The van der Waals surface area contributed by atoms with Crippen LogP contribution in [0.5, 0.6) is 0 Å². The van der Waals surface area contributed by atoms with Gasteiger partial charge in [-0.2, -0.15) is 5.10 Å². The average molecular weight is 436 g/mol. The number of aromatic nitrogens is 5. The van der Waals surface area contributed by atoms with Crippen molar-refractivity contribution >= 4 is 17.5 Å². The maximum atomic E-state index is 13.5. The van der Waals surface area contributed by atoms with Gasteiger partial charge in [-0.3, -0.25) is 18.7 Å². The molecule has 0 saturated carbocycles. The van der Waals surface area contributed by atoms with Gasteiger partial charge in [-0.25, -0.2) is 18.7 Å². The second-order valence-electron chi connectivity index (χ2n) is 7.70. The lowest BCUT2D eigenvalue weighted by Crippen LogP contribution is -2.51. The van der Waals surface area contributed by atoms with E-state index in [-0.39, 0.29) is 42.4 Å². The molecule has 0 spiro atoms. The van der Waals surface area contributed by atoms with Crippen LogP contribution in [-0.2, 0) is 13.5 Å². The van der Waals surface area contributed by atoms with Gasteiger partial charge in [0.15, 0.2) is 5.78 Å². The molecule has 4 heterocycles. The minimum atomic E-state index is -1.03. The summed E-state index contributed by atoms with van der Waals surface area (Å²) in [5.41, 5.74) is 1.95. The number of fused-ring (bicyclic) bond motifs is 1. The van der Waals surface area contributed by atoms with Crippen molar-refractivity contribution in [3.05, 3.63) is 71.7 Å². The quantitative estimate of drug-likeness (QED) is 0.449. The van der Waals surface area contributed by atoms with Gasteiger partial charge >= 0.3 is 0 Å². The Morgan fingerprint density at radius 3 is 2.75 bits per heavy atom. The highest BCUT2D eigenvalue weighted by molar-refractivity contribution is 6.07. The summed E-state index contributed by atoms with van der Waals surface area (Å²) in [5, 5.41) is 4.04. The van der Waals surface area contributed by atoms with Gasteiger partial charge in [0.1, 0.15) is 17.7 Å². The molecular weight excluding hydrogens is 418 g/mol. The number of carbonyl (C=O) groups is 2. The van der Waals surface area contributed by atoms with Crippen LogP contribution in [-0.4, -0.2) is 60.0 Å². The van der Waals surface area contributed by atoms with Crippen molar-refractivity contribution in [2.45, 2.75) is 12.6 Å². The molecule has 0 radical (unpaired) electrons. The van der Waals surface area contributed by atoms with Crippen LogP contribution < -0.4 is 0 Å². The molecule has 1 amide bonds. The van der Waals surface area contributed by atoms with E-state index in [0.29, 0.717) is 22.7 Å². The van der Waals surface area contributed by atoms with Crippen molar-refractivity contribution in [2.75, 3.05) is 13.1 Å². The minimum Gasteiger partial charge on any atom is -0.333 e. The molecule has 8 nitrogen and oxygen atoms in total. The highest BCUT2D eigenvalue weighted by Gasteiger charge is 2.34. The lowest BCUT2D eigenvalue weighted by atomic mass is 10.1.